The number of nitrogens with two attached hydrogens (primary N) is 1. The quantitative estimate of drug-likeness (QED) is 0.570. The Morgan fingerprint density at radius 2 is 1.90 bits per heavy atom. The fraction of sp³-hybridized carbons (Fsp3) is 0.500. The van der Waals surface area contributed by atoms with Crippen LogP contribution in [0.5, 0.6) is 0 Å². The highest BCUT2D eigenvalue weighted by molar-refractivity contribution is 5.96. The molecule has 4 rings (SSSR count). The van der Waals surface area contributed by atoms with E-state index in [-0.39, 0.29) is 11.2 Å². The molecule has 2 heterocycles. The Balaban J connectivity index is 1.66. The van der Waals surface area contributed by atoms with E-state index in [2.05, 4.69) is 46.6 Å². The van der Waals surface area contributed by atoms with Gasteiger partial charge in [0.1, 0.15) is 0 Å². The molecule has 0 unspecified atom stereocenters. The lowest BCUT2D eigenvalue weighted by Crippen LogP contribution is -2.25. The van der Waals surface area contributed by atoms with E-state index < -0.39 is 5.91 Å². The van der Waals surface area contributed by atoms with Gasteiger partial charge in [-0.2, -0.15) is 10.1 Å². The van der Waals surface area contributed by atoms with Crippen LogP contribution >= 0.6 is 0 Å². The Labute approximate surface area is 181 Å². The van der Waals surface area contributed by atoms with Gasteiger partial charge in [0.2, 0.25) is 5.95 Å². The van der Waals surface area contributed by atoms with E-state index in [9.17, 15) is 4.79 Å². The minimum Gasteiger partial charge on any atom is -0.364 e. The number of nitrogens with one attached hydrogen (secondary N) is 2. The molecular weight excluding hydrogens is 392 g/mol. The normalized spacial score (nSPS) is 15.2. The summed E-state index contributed by atoms with van der Waals surface area (Å²) in [5.74, 6) is 0.0191. The van der Waals surface area contributed by atoms with E-state index >= 15 is 0 Å². The van der Waals surface area contributed by atoms with E-state index in [4.69, 9.17) is 10.8 Å². The number of fused-ring (bicyclic) bond motifs is 1. The van der Waals surface area contributed by atoms with Crippen molar-refractivity contribution in [1.29, 1.82) is 0 Å². The monoisotopic (exact) mass is 422 g/mol. The summed E-state index contributed by atoms with van der Waals surface area (Å²) in [5.41, 5.74) is 8.16. The van der Waals surface area contributed by atoms with Crippen LogP contribution < -0.4 is 16.4 Å². The molecule has 0 aliphatic heterocycles. The number of nitrogens with zero attached hydrogens (tertiary/aromatic N) is 5. The van der Waals surface area contributed by atoms with Crippen LogP contribution in [0.25, 0.3) is 10.9 Å². The van der Waals surface area contributed by atoms with Gasteiger partial charge < -0.3 is 16.4 Å². The average Bonchev–Trinajstić information content (AvgIpc) is 3.14. The first-order valence-electron chi connectivity index (χ1n) is 10.8. The van der Waals surface area contributed by atoms with E-state index in [1.807, 2.05) is 29.9 Å². The predicted octanol–water partition coefficient (Wildman–Crippen LogP) is 3.87. The molecule has 31 heavy (non-hydrogen) atoms. The second-order valence-electron chi connectivity index (χ2n) is 9.28. The fourth-order valence-corrected chi connectivity index (χ4v) is 3.93. The second kappa shape index (κ2) is 8.13. The van der Waals surface area contributed by atoms with Gasteiger partial charge in [0, 0.05) is 23.3 Å². The van der Waals surface area contributed by atoms with Crippen molar-refractivity contribution in [3.05, 3.63) is 29.6 Å². The van der Waals surface area contributed by atoms with Crippen LogP contribution in [0.15, 0.2) is 18.3 Å². The SMILES string of the molecule is Cc1cc(Nc2nc(NC3CCCCC3)nnc2C(N)=O)cc2cn(C(C)(C)C)nc12. The van der Waals surface area contributed by atoms with Crippen molar-refractivity contribution in [3.8, 4) is 0 Å². The van der Waals surface area contributed by atoms with Gasteiger partial charge >= 0.3 is 0 Å². The van der Waals surface area contributed by atoms with E-state index in [1.54, 1.807) is 0 Å². The Morgan fingerprint density at radius 1 is 1.16 bits per heavy atom. The van der Waals surface area contributed by atoms with Gasteiger partial charge in [0.05, 0.1) is 11.1 Å². The van der Waals surface area contributed by atoms with Crippen LogP contribution in [0.3, 0.4) is 0 Å². The second-order valence-corrected chi connectivity index (χ2v) is 9.28. The molecule has 9 nitrogen and oxygen atoms in total. The molecule has 4 N–H and O–H groups in total. The maximum atomic E-state index is 11.9. The number of carbonyl (C=O) groups is 1. The molecule has 2 aromatic heterocycles. The number of hydrogen-bond donors (Lipinski definition) is 3. The predicted molar refractivity (Wildman–Crippen MR) is 122 cm³/mol. The van der Waals surface area contributed by atoms with Crippen LogP contribution in [-0.2, 0) is 5.54 Å². The molecule has 1 aliphatic rings. The number of rotatable bonds is 5. The lowest BCUT2D eigenvalue weighted by Gasteiger charge is -2.22. The zero-order chi connectivity index (χ0) is 22.2. The first-order chi connectivity index (χ1) is 14.7. The summed E-state index contributed by atoms with van der Waals surface area (Å²) in [6, 6.07) is 4.28. The summed E-state index contributed by atoms with van der Waals surface area (Å²) >= 11 is 0. The van der Waals surface area contributed by atoms with E-state index in [0.717, 1.165) is 35.0 Å². The fourth-order valence-electron chi connectivity index (χ4n) is 3.93. The Bertz CT molecular complexity index is 1110. The largest absolute Gasteiger partial charge is 0.364 e. The highest BCUT2D eigenvalue weighted by atomic mass is 16.1. The molecule has 1 saturated carbocycles. The van der Waals surface area contributed by atoms with Gasteiger partial charge in [-0.15, -0.1) is 10.2 Å². The van der Waals surface area contributed by atoms with Crippen molar-refractivity contribution in [1.82, 2.24) is 25.0 Å². The van der Waals surface area contributed by atoms with Gasteiger partial charge in [0.25, 0.3) is 5.91 Å². The molecule has 1 fully saturated rings. The van der Waals surface area contributed by atoms with Crippen molar-refractivity contribution >= 4 is 34.3 Å². The molecule has 3 aromatic rings. The Kier molecular flexibility index (Phi) is 5.51. The molecule has 1 amide bonds. The third kappa shape index (κ3) is 4.60. The van der Waals surface area contributed by atoms with Gasteiger partial charge in [-0.1, -0.05) is 19.3 Å². The number of carbonyl (C=O) groups excluding carboxylic acids is 1. The maximum Gasteiger partial charge on any atom is 0.273 e. The molecule has 0 atom stereocenters. The summed E-state index contributed by atoms with van der Waals surface area (Å²) in [5, 5.41) is 20.4. The first-order valence-corrected chi connectivity index (χ1v) is 10.8. The molecule has 1 aromatic carbocycles. The third-order valence-corrected chi connectivity index (χ3v) is 5.61. The Morgan fingerprint density at radius 3 is 2.58 bits per heavy atom. The summed E-state index contributed by atoms with van der Waals surface area (Å²) in [7, 11) is 0. The highest BCUT2D eigenvalue weighted by Crippen LogP contribution is 2.28. The topological polar surface area (TPSA) is 124 Å². The van der Waals surface area contributed by atoms with Crippen LogP contribution in [0.1, 0.15) is 68.9 Å². The average molecular weight is 423 g/mol. The lowest BCUT2D eigenvalue weighted by atomic mass is 9.96. The van der Waals surface area contributed by atoms with E-state index in [1.165, 1.54) is 19.3 Å². The molecular formula is C22H30N8O. The highest BCUT2D eigenvalue weighted by Gasteiger charge is 2.20. The van der Waals surface area contributed by atoms with Crippen molar-refractivity contribution in [2.75, 3.05) is 10.6 Å². The summed E-state index contributed by atoms with van der Waals surface area (Å²) in [6.45, 7) is 8.34. The van der Waals surface area contributed by atoms with Gasteiger partial charge in [0.15, 0.2) is 11.5 Å². The number of benzene rings is 1. The number of amides is 1. The number of hydrogen-bond acceptors (Lipinski definition) is 7. The van der Waals surface area contributed by atoms with Crippen molar-refractivity contribution in [2.45, 2.75) is 71.4 Å². The van der Waals surface area contributed by atoms with Gasteiger partial charge in [-0.25, -0.2) is 0 Å². The molecule has 0 bridgehead atoms. The molecule has 1 aliphatic carbocycles. The maximum absolute atomic E-state index is 11.9. The number of aromatic nitrogens is 5. The van der Waals surface area contributed by atoms with Crippen LogP contribution in [0.2, 0.25) is 0 Å². The Hall–Kier alpha value is -3.23. The lowest BCUT2D eigenvalue weighted by molar-refractivity contribution is 0.0995. The van der Waals surface area contributed by atoms with Gasteiger partial charge in [-0.05, 0) is 58.2 Å². The van der Waals surface area contributed by atoms with Crippen molar-refractivity contribution in [3.63, 3.8) is 0 Å². The standard InChI is InChI=1S/C22H30N8O/c1-13-10-16(11-14-12-30(22(2,3)4)29-17(13)14)24-20-18(19(23)31)27-28-21(26-20)25-15-8-6-5-7-9-15/h10-12,15H,5-9H2,1-4H3,(H2,23,31)(H2,24,25,26,28). The molecule has 0 saturated heterocycles. The number of aryl methyl sites for hydroxylation is 1. The molecule has 0 radical (unpaired) electrons. The zero-order valence-electron chi connectivity index (χ0n) is 18.6. The first kappa shape index (κ1) is 21.0. The smallest absolute Gasteiger partial charge is 0.273 e. The van der Waals surface area contributed by atoms with Crippen LogP contribution in [0.4, 0.5) is 17.5 Å². The summed E-state index contributed by atoms with van der Waals surface area (Å²) < 4.78 is 1.96. The zero-order valence-corrected chi connectivity index (χ0v) is 18.6. The molecule has 0 spiro atoms. The minimum absolute atomic E-state index is 0.0114. The summed E-state index contributed by atoms with van der Waals surface area (Å²) in [6.07, 6.45) is 7.83. The van der Waals surface area contributed by atoms with Crippen molar-refractivity contribution < 1.29 is 4.79 Å². The summed E-state index contributed by atoms with van der Waals surface area (Å²) in [4.78, 5) is 16.4. The molecule has 164 valence electrons. The van der Waals surface area contributed by atoms with E-state index in [0.29, 0.717) is 17.8 Å². The third-order valence-electron chi connectivity index (χ3n) is 5.61. The number of anilines is 3. The van der Waals surface area contributed by atoms with Gasteiger partial charge in [-0.3, -0.25) is 9.48 Å². The van der Waals surface area contributed by atoms with Crippen molar-refractivity contribution in [2.24, 2.45) is 5.73 Å². The number of primary amides is 1. The molecule has 9 heteroatoms. The minimum atomic E-state index is -0.676. The van der Waals surface area contributed by atoms with Crippen LogP contribution in [-0.4, -0.2) is 36.9 Å². The van der Waals surface area contributed by atoms with Crippen LogP contribution in [0, 0.1) is 6.92 Å².